The minimum Gasteiger partial charge on any atom is -0.376 e. The topological polar surface area (TPSA) is 9.23 Å². The molecule has 8 heavy (non-hydrogen) atoms. The van der Waals surface area contributed by atoms with E-state index in [-0.39, 0.29) is 5.73 Å². The number of hydrogen-bond acceptors (Lipinski definition) is 1. The molecule has 1 saturated heterocycles. The zero-order chi connectivity index (χ0) is 6.15. The van der Waals surface area contributed by atoms with Gasteiger partial charge >= 0.3 is 0 Å². The van der Waals surface area contributed by atoms with Crippen LogP contribution in [0.2, 0.25) is 0 Å². The zero-order valence-corrected chi connectivity index (χ0v) is 7.27. The maximum Gasteiger partial charge on any atom is 0.264 e. The summed E-state index contributed by atoms with van der Waals surface area (Å²) >= 11 is 11.2. The first kappa shape index (κ1) is 6.87. The van der Waals surface area contributed by atoms with Crippen LogP contribution in [-0.2, 0) is 4.74 Å². The molecule has 0 aromatic rings. The van der Waals surface area contributed by atoms with Crippen molar-refractivity contribution in [1.82, 2.24) is 0 Å². The third kappa shape index (κ3) is 1.38. The average molecular weight is 171 g/mol. The molecule has 0 radical (unpaired) electrons. The van der Waals surface area contributed by atoms with E-state index in [4.69, 9.17) is 26.9 Å². The van der Waals surface area contributed by atoms with Crippen molar-refractivity contribution in [1.29, 1.82) is 0 Å². The Morgan fingerprint density at radius 1 is 1.62 bits per heavy atom. The van der Waals surface area contributed by atoms with Gasteiger partial charge in [-0.15, -0.1) is 22.2 Å². The van der Waals surface area contributed by atoms with Gasteiger partial charge in [0.2, 0.25) is 0 Å². The molecule has 0 aromatic heterocycles. The van der Waals surface area contributed by atoms with Crippen LogP contribution in [0.25, 0.3) is 0 Å². The van der Waals surface area contributed by atoms with E-state index in [1.54, 1.807) is 0 Å². The molecule has 0 aliphatic carbocycles. The van der Waals surface area contributed by atoms with Gasteiger partial charge < -0.3 is 4.74 Å². The van der Waals surface area contributed by atoms with Crippen LogP contribution in [0.15, 0.2) is 0 Å². The van der Waals surface area contributed by atoms with Crippen LogP contribution in [0.5, 0.6) is 0 Å². The van der Waals surface area contributed by atoms with Gasteiger partial charge in [0.05, 0.1) is 11.8 Å². The monoisotopic (exact) mass is 170 g/mol. The van der Waals surface area contributed by atoms with Gasteiger partial charge in [-0.25, -0.2) is 0 Å². The Hall–Kier alpha value is 0.757. The summed E-state index contributed by atoms with van der Waals surface area (Å²) < 4.78 is 5.20. The molecule has 2 unspecified atom stereocenters. The number of rotatable bonds is 1. The fourth-order valence-electron chi connectivity index (χ4n) is 0.777. The predicted molar refractivity (Wildman–Crippen MR) is 37.8 cm³/mol. The lowest BCUT2D eigenvalue weighted by Gasteiger charge is -2.33. The maximum absolute atomic E-state index is 5.62. The largest absolute Gasteiger partial charge is 0.376 e. The van der Waals surface area contributed by atoms with Crippen LogP contribution >= 0.6 is 22.2 Å². The summed E-state index contributed by atoms with van der Waals surface area (Å²) in [6, 6.07) is 0. The quantitative estimate of drug-likeness (QED) is 0.428. The third-order valence-electron chi connectivity index (χ3n) is 1.25. The first-order valence-electron chi connectivity index (χ1n) is 2.64. The third-order valence-corrected chi connectivity index (χ3v) is 3.93. The maximum atomic E-state index is 5.62. The highest BCUT2D eigenvalue weighted by Crippen LogP contribution is 2.24. The first-order chi connectivity index (χ1) is 3.70. The van der Waals surface area contributed by atoms with E-state index in [2.05, 4.69) is 0 Å². The van der Waals surface area contributed by atoms with Crippen molar-refractivity contribution < 1.29 is 4.74 Å². The molecular formula is C4H8Cl2OSi. The Morgan fingerprint density at radius 3 is 2.25 bits per heavy atom. The Kier molecular flexibility index (Phi) is 2.20. The molecule has 0 amide bonds. The number of halogens is 2. The molecule has 0 N–H and O–H groups in total. The lowest BCUT2D eigenvalue weighted by atomic mass is 10.2. The lowest BCUT2D eigenvalue weighted by Crippen LogP contribution is -2.41. The van der Waals surface area contributed by atoms with Gasteiger partial charge in [0.25, 0.3) is 7.42 Å². The van der Waals surface area contributed by atoms with Crippen LogP contribution in [0.1, 0.15) is 13.3 Å². The first-order valence-corrected chi connectivity index (χ1v) is 6.79. The molecule has 2 atom stereocenters. The van der Waals surface area contributed by atoms with Crippen LogP contribution in [0, 0.1) is 0 Å². The van der Waals surface area contributed by atoms with Gasteiger partial charge in [0.1, 0.15) is 0 Å². The molecule has 1 rings (SSSR count). The van der Waals surface area contributed by atoms with Crippen LogP contribution in [-0.4, -0.2) is 19.2 Å². The minimum atomic E-state index is -1.49. The fourth-order valence-corrected chi connectivity index (χ4v) is 2.73. The van der Waals surface area contributed by atoms with Gasteiger partial charge in [0.15, 0.2) is 0 Å². The zero-order valence-electron chi connectivity index (χ0n) is 4.60. The van der Waals surface area contributed by atoms with Crippen LogP contribution in [0.4, 0.5) is 0 Å². The van der Waals surface area contributed by atoms with E-state index >= 15 is 0 Å². The summed E-state index contributed by atoms with van der Waals surface area (Å²) in [6.07, 6.45) is 1.46. The summed E-state index contributed by atoms with van der Waals surface area (Å²) in [5.41, 5.74) is 0.230. The Balaban J connectivity index is 2.15. The van der Waals surface area contributed by atoms with E-state index < -0.39 is 7.42 Å². The van der Waals surface area contributed by atoms with Crippen molar-refractivity contribution in [2.24, 2.45) is 0 Å². The molecule has 4 heteroatoms. The molecule has 1 nitrogen and oxygen atoms in total. The van der Waals surface area contributed by atoms with Crippen LogP contribution in [0.3, 0.4) is 0 Å². The van der Waals surface area contributed by atoms with Crippen LogP contribution < -0.4 is 0 Å². The SMILES string of the molecule is CC1CC([SiH](Cl)Cl)O1. The summed E-state index contributed by atoms with van der Waals surface area (Å²) in [5.74, 6) is 0. The fraction of sp³-hybridized carbons (Fsp3) is 1.00. The average Bonchev–Trinajstić information content (AvgIpc) is 1.57. The van der Waals surface area contributed by atoms with Crippen molar-refractivity contribution in [3.8, 4) is 0 Å². The van der Waals surface area contributed by atoms with Gasteiger partial charge in [0, 0.05) is 0 Å². The highest BCUT2D eigenvalue weighted by molar-refractivity contribution is 7.34. The number of ether oxygens (including phenoxy) is 1. The van der Waals surface area contributed by atoms with Gasteiger partial charge in [-0.05, 0) is 13.3 Å². The smallest absolute Gasteiger partial charge is 0.264 e. The summed E-state index contributed by atoms with van der Waals surface area (Å²) in [6.45, 7) is 2.03. The second-order valence-electron chi connectivity index (χ2n) is 2.06. The minimum absolute atomic E-state index is 0.230. The highest BCUT2D eigenvalue weighted by atomic mass is 35.7. The summed E-state index contributed by atoms with van der Waals surface area (Å²) in [7, 11) is -1.49. The highest BCUT2D eigenvalue weighted by Gasteiger charge is 2.32. The van der Waals surface area contributed by atoms with Crippen molar-refractivity contribution in [3.05, 3.63) is 0 Å². The van der Waals surface area contributed by atoms with E-state index in [1.807, 2.05) is 6.92 Å². The Bertz CT molecular complexity index is 82.1. The molecule has 1 fully saturated rings. The molecule has 0 saturated carbocycles. The molecular weight excluding hydrogens is 163 g/mol. The lowest BCUT2D eigenvalue weighted by molar-refractivity contribution is -0.0681. The van der Waals surface area contributed by atoms with Crippen molar-refractivity contribution in [2.45, 2.75) is 25.2 Å². The van der Waals surface area contributed by atoms with E-state index in [0.717, 1.165) is 6.42 Å². The Labute approximate surface area is 59.9 Å². The van der Waals surface area contributed by atoms with Crippen molar-refractivity contribution in [2.75, 3.05) is 0 Å². The molecule has 1 aliphatic heterocycles. The molecule has 1 aliphatic rings. The van der Waals surface area contributed by atoms with Crippen molar-refractivity contribution in [3.63, 3.8) is 0 Å². The molecule has 1 heterocycles. The second-order valence-corrected chi connectivity index (χ2v) is 6.96. The summed E-state index contributed by atoms with van der Waals surface area (Å²) in [5, 5.41) is 0. The summed E-state index contributed by atoms with van der Waals surface area (Å²) in [4.78, 5) is 0. The van der Waals surface area contributed by atoms with Gasteiger partial charge in [-0.1, -0.05) is 0 Å². The van der Waals surface area contributed by atoms with Gasteiger partial charge in [-0.3, -0.25) is 0 Å². The second kappa shape index (κ2) is 2.56. The van der Waals surface area contributed by atoms with Crippen molar-refractivity contribution >= 4 is 29.6 Å². The van der Waals surface area contributed by atoms with Gasteiger partial charge in [-0.2, -0.15) is 0 Å². The predicted octanol–water partition coefficient (Wildman–Crippen LogP) is 1.40. The normalized spacial score (nSPS) is 37.5. The molecule has 0 aromatic carbocycles. The van der Waals surface area contributed by atoms with E-state index in [1.165, 1.54) is 0 Å². The standard InChI is InChI=1S/C4H8Cl2OSi/c1-3-2-4(7-3)8(5)6/h3-4,8H,2H2,1H3. The number of hydrogen-bond donors (Lipinski definition) is 0. The Morgan fingerprint density at radius 2 is 2.12 bits per heavy atom. The molecule has 0 bridgehead atoms. The molecule has 48 valence electrons. The molecule has 0 spiro atoms. The van der Waals surface area contributed by atoms with E-state index in [0.29, 0.717) is 6.10 Å². The van der Waals surface area contributed by atoms with E-state index in [9.17, 15) is 0 Å².